The number of carbonyl (C=O) groups excluding carboxylic acids is 1. The van der Waals surface area contributed by atoms with E-state index in [4.69, 9.17) is 9.84 Å². The van der Waals surface area contributed by atoms with Gasteiger partial charge in [-0.2, -0.15) is 26.3 Å². The quantitative estimate of drug-likeness (QED) is 0.410. The third kappa shape index (κ3) is 5.89. The molecule has 0 bridgehead atoms. The highest BCUT2D eigenvalue weighted by molar-refractivity contribution is 5.85. The minimum Gasteiger partial charge on any atom is -0.478 e. The number of nitrogens with zero attached hydrogens (tertiary/aromatic N) is 1. The third-order valence-electron chi connectivity index (χ3n) is 5.40. The summed E-state index contributed by atoms with van der Waals surface area (Å²) in [4.78, 5) is 24.4. The fourth-order valence-electron chi connectivity index (χ4n) is 3.77. The number of fused-ring (bicyclic) bond motifs is 1. The molecule has 1 atom stereocenters. The zero-order valence-corrected chi connectivity index (χ0v) is 17.7. The number of hydrogen-bond acceptors (Lipinski definition) is 3. The summed E-state index contributed by atoms with van der Waals surface area (Å²) in [5, 5.41) is 8.73. The van der Waals surface area contributed by atoms with Crippen molar-refractivity contribution in [1.82, 2.24) is 4.90 Å². The van der Waals surface area contributed by atoms with Gasteiger partial charge in [-0.1, -0.05) is 18.2 Å². The van der Waals surface area contributed by atoms with E-state index in [9.17, 15) is 35.9 Å². The minimum atomic E-state index is -5.00. The van der Waals surface area contributed by atoms with Gasteiger partial charge in [0.15, 0.2) is 0 Å². The van der Waals surface area contributed by atoms with Gasteiger partial charge < -0.3 is 14.7 Å². The van der Waals surface area contributed by atoms with Crippen LogP contribution in [0.1, 0.15) is 45.8 Å². The lowest BCUT2D eigenvalue weighted by Crippen LogP contribution is -2.30. The van der Waals surface area contributed by atoms with Crippen LogP contribution in [-0.2, 0) is 34.9 Å². The summed E-state index contributed by atoms with van der Waals surface area (Å²) in [6.45, 7) is -0.769. The fourth-order valence-corrected chi connectivity index (χ4v) is 3.77. The van der Waals surface area contributed by atoms with Crippen LogP contribution in [0.25, 0.3) is 6.08 Å². The van der Waals surface area contributed by atoms with E-state index in [1.165, 1.54) is 18.0 Å². The van der Waals surface area contributed by atoms with Gasteiger partial charge in [0, 0.05) is 13.1 Å². The summed E-state index contributed by atoms with van der Waals surface area (Å²) in [7, 11) is 1.42. The minimum absolute atomic E-state index is 0.00676. The summed E-state index contributed by atoms with van der Waals surface area (Å²) in [6.07, 6.45) is -7.36. The molecule has 0 heterocycles. The van der Waals surface area contributed by atoms with Crippen LogP contribution in [0.15, 0.2) is 42.5 Å². The molecular weight excluding hydrogens is 468 g/mol. The fraction of sp³-hybridized carbons (Fsp3) is 0.304. The lowest BCUT2D eigenvalue weighted by Gasteiger charge is -2.25. The van der Waals surface area contributed by atoms with E-state index in [2.05, 4.69) is 0 Å². The Balaban J connectivity index is 1.73. The van der Waals surface area contributed by atoms with Gasteiger partial charge in [0.25, 0.3) is 0 Å². The summed E-state index contributed by atoms with van der Waals surface area (Å²) in [5.41, 5.74) is -1.06. The molecule has 1 N–H and O–H groups in total. The molecule has 0 spiro atoms. The van der Waals surface area contributed by atoms with E-state index >= 15 is 0 Å². The molecule has 34 heavy (non-hydrogen) atoms. The van der Waals surface area contributed by atoms with E-state index in [1.807, 2.05) is 0 Å². The van der Waals surface area contributed by atoms with Crippen molar-refractivity contribution < 1.29 is 45.8 Å². The number of carbonyl (C=O) groups is 2. The molecule has 0 saturated heterocycles. The maximum Gasteiger partial charge on any atom is 0.416 e. The summed E-state index contributed by atoms with van der Waals surface area (Å²) >= 11 is 0. The normalized spacial score (nSPS) is 15.9. The number of aliphatic carboxylic acids is 1. The Morgan fingerprint density at radius 3 is 2.24 bits per heavy atom. The standard InChI is InChI=1S/C23H19F6NO4/c1-30(19-6-4-15-8-13(2-5-18(15)19)3-7-20(31)32)21(33)34-12-14-9-16(22(24,25)26)11-17(10-14)23(27,28)29/h2-3,5,7-11,19H,4,6,12H2,1H3,(H,31,32)/b7-3+. The molecule has 2 aromatic rings. The van der Waals surface area contributed by atoms with Crippen molar-refractivity contribution in [3.05, 3.63) is 75.9 Å². The van der Waals surface area contributed by atoms with Gasteiger partial charge in [-0.15, -0.1) is 0 Å². The van der Waals surface area contributed by atoms with E-state index in [0.717, 1.165) is 17.2 Å². The average molecular weight is 487 g/mol. The zero-order valence-electron chi connectivity index (χ0n) is 17.7. The van der Waals surface area contributed by atoms with Crippen LogP contribution in [0, 0.1) is 0 Å². The lowest BCUT2D eigenvalue weighted by molar-refractivity contribution is -0.143. The van der Waals surface area contributed by atoms with E-state index < -0.39 is 53.8 Å². The molecule has 1 aliphatic rings. The molecule has 0 aliphatic heterocycles. The first-order valence-electron chi connectivity index (χ1n) is 9.97. The van der Waals surface area contributed by atoms with E-state index in [-0.39, 0.29) is 6.07 Å². The van der Waals surface area contributed by atoms with Gasteiger partial charge in [-0.05, 0) is 59.4 Å². The van der Waals surface area contributed by atoms with Gasteiger partial charge in [0.2, 0.25) is 0 Å². The maximum atomic E-state index is 13.0. The van der Waals surface area contributed by atoms with Crippen molar-refractivity contribution in [3.8, 4) is 0 Å². The predicted octanol–water partition coefficient (Wildman–Crippen LogP) is 6.08. The molecule has 1 aliphatic carbocycles. The van der Waals surface area contributed by atoms with Crippen LogP contribution in [0.4, 0.5) is 31.1 Å². The SMILES string of the molecule is CN(C(=O)OCc1cc(C(F)(F)F)cc(C(F)(F)F)c1)C1CCc2cc(/C=C/C(=O)O)ccc21. The highest BCUT2D eigenvalue weighted by Crippen LogP contribution is 2.38. The molecule has 182 valence electrons. The van der Waals surface area contributed by atoms with E-state index in [0.29, 0.717) is 30.5 Å². The van der Waals surface area contributed by atoms with Gasteiger partial charge >= 0.3 is 24.4 Å². The van der Waals surface area contributed by atoms with Gasteiger partial charge in [-0.25, -0.2) is 9.59 Å². The average Bonchev–Trinajstić information content (AvgIpc) is 3.17. The number of aryl methyl sites for hydroxylation is 1. The molecule has 3 rings (SSSR count). The zero-order chi connectivity index (χ0) is 25.3. The monoisotopic (exact) mass is 487 g/mol. The number of carboxylic acids is 1. The first-order chi connectivity index (χ1) is 15.8. The molecule has 0 saturated carbocycles. The topological polar surface area (TPSA) is 66.8 Å². The van der Waals surface area contributed by atoms with Crippen LogP contribution in [-0.4, -0.2) is 29.1 Å². The summed E-state index contributed by atoms with van der Waals surface area (Å²) < 4.78 is 83.1. The van der Waals surface area contributed by atoms with E-state index in [1.54, 1.807) is 18.2 Å². The Bertz CT molecular complexity index is 1090. The molecule has 11 heteroatoms. The van der Waals surface area contributed by atoms with Crippen molar-refractivity contribution in [3.63, 3.8) is 0 Å². The number of halogens is 6. The Morgan fingerprint density at radius 2 is 1.68 bits per heavy atom. The van der Waals surface area contributed by atoms with Crippen molar-refractivity contribution in [2.45, 2.75) is 37.8 Å². The third-order valence-corrected chi connectivity index (χ3v) is 5.40. The Hall–Kier alpha value is -3.50. The van der Waals surface area contributed by atoms with Crippen molar-refractivity contribution in [2.75, 3.05) is 7.05 Å². The largest absolute Gasteiger partial charge is 0.478 e. The van der Waals surface area contributed by atoms with Crippen molar-refractivity contribution in [2.24, 2.45) is 0 Å². The molecule has 2 aromatic carbocycles. The predicted molar refractivity (Wildman–Crippen MR) is 109 cm³/mol. The lowest BCUT2D eigenvalue weighted by atomic mass is 10.0. The number of ether oxygens (including phenoxy) is 1. The van der Waals surface area contributed by atoms with Crippen LogP contribution < -0.4 is 0 Å². The molecular formula is C23H19F6NO4. The molecule has 1 unspecified atom stereocenters. The van der Waals surface area contributed by atoms with Crippen molar-refractivity contribution >= 4 is 18.1 Å². The maximum absolute atomic E-state index is 13.0. The highest BCUT2D eigenvalue weighted by Gasteiger charge is 2.37. The first kappa shape index (κ1) is 25.1. The number of hydrogen-bond donors (Lipinski definition) is 1. The molecule has 0 radical (unpaired) electrons. The van der Waals surface area contributed by atoms with Crippen LogP contribution >= 0.6 is 0 Å². The van der Waals surface area contributed by atoms with Crippen molar-refractivity contribution in [1.29, 1.82) is 0 Å². The Kier molecular flexibility index (Phi) is 6.94. The van der Waals surface area contributed by atoms with Crippen LogP contribution in [0.3, 0.4) is 0 Å². The Labute approximate surface area is 190 Å². The number of rotatable bonds is 5. The summed E-state index contributed by atoms with van der Waals surface area (Å²) in [6, 6.07) is 5.83. The Morgan fingerprint density at radius 1 is 1.06 bits per heavy atom. The van der Waals surface area contributed by atoms with Gasteiger partial charge in [-0.3, -0.25) is 0 Å². The molecule has 0 aromatic heterocycles. The molecule has 0 fully saturated rings. The van der Waals surface area contributed by atoms with Crippen LogP contribution in [0.5, 0.6) is 0 Å². The first-order valence-corrected chi connectivity index (χ1v) is 9.97. The second-order valence-electron chi connectivity index (χ2n) is 7.76. The van der Waals surface area contributed by atoms with Gasteiger partial charge in [0.05, 0.1) is 17.2 Å². The van der Waals surface area contributed by atoms with Crippen LogP contribution in [0.2, 0.25) is 0 Å². The highest BCUT2D eigenvalue weighted by atomic mass is 19.4. The number of alkyl halides is 6. The van der Waals surface area contributed by atoms with Gasteiger partial charge in [0.1, 0.15) is 6.61 Å². The number of benzene rings is 2. The molecule has 1 amide bonds. The number of carboxylic acid groups (broad SMARTS) is 1. The smallest absolute Gasteiger partial charge is 0.416 e. The molecule has 5 nitrogen and oxygen atoms in total. The summed E-state index contributed by atoms with van der Waals surface area (Å²) in [5.74, 6) is -1.09. The number of amides is 1. The second-order valence-corrected chi connectivity index (χ2v) is 7.76. The second kappa shape index (κ2) is 9.40.